The molecule has 1 N–H and O–H groups in total. The summed E-state index contributed by atoms with van der Waals surface area (Å²) in [5, 5.41) is 3.22. The van der Waals surface area contributed by atoms with Crippen LogP contribution < -0.4 is 5.32 Å². The van der Waals surface area contributed by atoms with E-state index in [1.165, 1.54) is 0 Å². The van der Waals surface area contributed by atoms with Crippen LogP contribution in [0.25, 0.3) is 0 Å². The predicted octanol–water partition coefficient (Wildman–Crippen LogP) is 5.32. The van der Waals surface area contributed by atoms with Gasteiger partial charge in [0.1, 0.15) is 11.9 Å². The zero-order chi connectivity index (χ0) is 21.8. The lowest BCUT2D eigenvalue weighted by molar-refractivity contribution is -0.202. The molecular formula is C24H19F3N2O2. The number of carbonyl (C=O) groups excluding carboxylic acids is 1. The monoisotopic (exact) mass is 424 g/mol. The standard InChI is InChI=1S/C24H19F3N2O2/c25-24(26,27)23(30)31-21(18-14-8-3-9-15-18)22-28-19(16-10-4-1-5-11-16)20(29-22)17-12-6-2-7-13-17/h1-15,19-21H,(H,28,29)/t19-,20+,21?. The number of rotatable bonds is 5. The van der Waals surface area contributed by atoms with Gasteiger partial charge in [-0.3, -0.25) is 4.99 Å². The van der Waals surface area contributed by atoms with Gasteiger partial charge in [-0.1, -0.05) is 91.0 Å². The second-order valence-corrected chi connectivity index (χ2v) is 7.10. The maximum Gasteiger partial charge on any atom is 0.490 e. The van der Waals surface area contributed by atoms with Gasteiger partial charge in [0.2, 0.25) is 0 Å². The van der Waals surface area contributed by atoms with Gasteiger partial charge in [-0.15, -0.1) is 0 Å². The Kier molecular flexibility index (Phi) is 5.75. The third kappa shape index (κ3) is 4.60. The van der Waals surface area contributed by atoms with E-state index in [0.717, 1.165) is 11.1 Å². The fraction of sp³-hybridized carbons (Fsp3) is 0.167. The average Bonchev–Trinajstić information content (AvgIpc) is 3.23. The number of hydrogen-bond donors (Lipinski definition) is 1. The predicted molar refractivity (Wildman–Crippen MR) is 110 cm³/mol. The highest BCUT2D eigenvalue weighted by molar-refractivity contribution is 5.92. The normalized spacial score (nSPS) is 19.3. The molecule has 4 rings (SSSR count). The van der Waals surface area contributed by atoms with Crippen molar-refractivity contribution in [1.82, 2.24) is 5.32 Å². The Labute approximate surface area is 177 Å². The average molecular weight is 424 g/mol. The van der Waals surface area contributed by atoms with Crippen LogP contribution in [-0.2, 0) is 9.53 Å². The summed E-state index contributed by atoms with van der Waals surface area (Å²) in [6.45, 7) is 0. The second-order valence-electron chi connectivity index (χ2n) is 7.10. The molecule has 0 bridgehead atoms. The summed E-state index contributed by atoms with van der Waals surface area (Å²) in [6.07, 6.45) is -6.42. The second kappa shape index (κ2) is 8.63. The highest BCUT2D eigenvalue weighted by Crippen LogP contribution is 2.39. The minimum atomic E-state index is -5.11. The van der Waals surface area contributed by atoms with Crippen molar-refractivity contribution in [2.45, 2.75) is 24.4 Å². The van der Waals surface area contributed by atoms with Crippen LogP contribution >= 0.6 is 0 Å². The number of carbonyl (C=O) groups is 1. The van der Waals surface area contributed by atoms with E-state index in [4.69, 9.17) is 4.74 Å². The lowest BCUT2D eigenvalue weighted by Gasteiger charge is -2.22. The molecule has 1 heterocycles. The van der Waals surface area contributed by atoms with Crippen LogP contribution in [-0.4, -0.2) is 18.0 Å². The minimum absolute atomic E-state index is 0.173. The fourth-order valence-electron chi connectivity index (χ4n) is 3.57. The lowest BCUT2D eigenvalue weighted by Crippen LogP contribution is -2.35. The number of nitrogens with zero attached hydrogens (tertiary/aromatic N) is 1. The Balaban J connectivity index is 1.74. The number of alkyl halides is 3. The molecule has 0 amide bonds. The first-order valence-electron chi connectivity index (χ1n) is 9.70. The van der Waals surface area contributed by atoms with E-state index < -0.39 is 24.3 Å². The Morgan fingerprint density at radius 2 is 1.35 bits per heavy atom. The number of nitrogens with one attached hydrogen (secondary N) is 1. The van der Waals surface area contributed by atoms with Crippen LogP contribution in [0.2, 0.25) is 0 Å². The fourth-order valence-corrected chi connectivity index (χ4v) is 3.57. The molecule has 0 saturated heterocycles. The van der Waals surface area contributed by atoms with Crippen LogP contribution in [0.5, 0.6) is 0 Å². The summed E-state index contributed by atoms with van der Waals surface area (Å²) < 4.78 is 43.8. The van der Waals surface area contributed by atoms with Crippen molar-refractivity contribution in [3.63, 3.8) is 0 Å². The Morgan fingerprint density at radius 1 is 0.839 bits per heavy atom. The molecule has 0 fully saturated rings. The van der Waals surface area contributed by atoms with Gasteiger partial charge in [0.05, 0.1) is 6.04 Å². The van der Waals surface area contributed by atoms with Gasteiger partial charge >= 0.3 is 12.1 Å². The topological polar surface area (TPSA) is 50.7 Å². The maximum absolute atomic E-state index is 13.0. The molecule has 0 radical (unpaired) electrons. The quantitative estimate of drug-likeness (QED) is 0.564. The van der Waals surface area contributed by atoms with Crippen molar-refractivity contribution >= 4 is 11.8 Å². The van der Waals surface area contributed by atoms with Crippen molar-refractivity contribution in [2.24, 2.45) is 4.99 Å². The molecule has 3 aromatic carbocycles. The molecule has 1 aliphatic heterocycles. The van der Waals surface area contributed by atoms with Crippen molar-refractivity contribution in [1.29, 1.82) is 0 Å². The van der Waals surface area contributed by atoms with Crippen LogP contribution in [0.3, 0.4) is 0 Å². The molecule has 3 aromatic rings. The van der Waals surface area contributed by atoms with Crippen molar-refractivity contribution in [3.8, 4) is 0 Å². The molecule has 158 valence electrons. The number of aliphatic imine (C=N–C) groups is 1. The molecule has 7 heteroatoms. The zero-order valence-corrected chi connectivity index (χ0v) is 16.3. The summed E-state index contributed by atoms with van der Waals surface area (Å²) in [5.74, 6) is -2.09. The van der Waals surface area contributed by atoms with Gasteiger partial charge < -0.3 is 10.1 Å². The Hall–Kier alpha value is -3.61. The minimum Gasteiger partial charge on any atom is -0.443 e. The molecule has 31 heavy (non-hydrogen) atoms. The van der Waals surface area contributed by atoms with Crippen molar-refractivity contribution in [3.05, 3.63) is 108 Å². The molecular weight excluding hydrogens is 405 g/mol. The van der Waals surface area contributed by atoms with Crippen LogP contribution in [0, 0.1) is 0 Å². The largest absolute Gasteiger partial charge is 0.490 e. The number of hydrogen-bond acceptors (Lipinski definition) is 4. The van der Waals surface area contributed by atoms with E-state index in [1.54, 1.807) is 30.3 Å². The zero-order valence-electron chi connectivity index (χ0n) is 16.3. The highest BCUT2D eigenvalue weighted by Gasteiger charge is 2.44. The Bertz CT molecular complexity index is 1050. The molecule has 0 saturated carbocycles. The van der Waals surface area contributed by atoms with E-state index in [9.17, 15) is 18.0 Å². The molecule has 0 aromatic heterocycles. The number of esters is 1. The first-order valence-corrected chi connectivity index (χ1v) is 9.70. The maximum atomic E-state index is 13.0. The van der Waals surface area contributed by atoms with E-state index in [-0.39, 0.29) is 11.9 Å². The van der Waals surface area contributed by atoms with E-state index >= 15 is 0 Å². The Morgan fingerprint density at radius 3 is 1.90 bits per heavy atom. The van der Waals surface area contributed by atoms with Crippen LogP contribution in [0.4, 0.5) is 13.2 Å². The molecule has 0 aliphatic carbocycles. The molecule has 3 atom stereocenters. The molecule has 1 unspecified atom stereocenters. The van der Waals surface area contributed by atoms with Gasteiger partial charge in [0, 0.05) is 5.56 Å². The summed E-state index contributed by atoms with van der Waals surface area (Å²) >= 11 is 0. The third-order valence-corrected chi connectivity index (χ3v) is 5.00. The van der Waals surface area contributed by atoms with Gasteiger partial charge in [-0.2, -0.15) is 13.2 Å². The highest BCUT2D eigenvalue weighted by atomic mass is 19.4. The SMILES string of the molecule is O=C(OC(C1=N[C@H](c2ccccc2)[C@H](c2ccccc2)N1)c1ccccc1)C(F)(F)F. The molecule has 0 spiro atoms. The smallest absolute Gasteiger partial charge is 0.443 e. The van der Waals surface area contributed by atoms with Gasteiger partial charge in [0.15, 0.2) is 6.10 Å². The van der Waals surface area contributed by atoms with E-state index in [2.05, 4.69) is 10.3 Å². The van der Waals surface area contributed by atoms with Crippen molar-refractivity contribution in [2.75, 3.05) is 0 Å². The summed E-state index contributed by atoms with van der Waals surface area (Å²) in [6, 6.07) is 26.5. The molecule has 1 aliphatic rings. The van der Waals surface area contributed by atoms with E-state index in [0.29, 0.717) is 5.56 Å². The van der Waals surface area contributed by atoms with Crippen LogP contribution in [0.1, 0.15) is 34.9 Å². The molecule has 4 nitrogen and oxygen atoms in total. The summed E-state index contributed by atoms with van der Waals surface area (Å²) in [7, 11) is 0. The third-order valence-electron chi connectivity index (χ3n) is 5.00. The van der Waals surface area contributed by atoms with Gasteiger partial charge in [-0.05, 0) is 11.1 Å². The summed E-state index contributed by atoms with van der Waals surface area (Å²) in [5.41, 5.74) is 2.21. The number of benzene rings is 3. The van der Waals surface area contributed by atoms with Crippen molar-refractivity contribution < 1.29 is 22.7 Å². The first-order chi connectivity index (χ1) is 14.9. The van der Waals surface area contributed by atoms with Crippen LogP contribution in [0.15, 0.2) is 96.0 Å². The number of ether oxygens (including phenoxy) is 1. The number of halogens is 3. The first kappa shape index (κ1) is 20.7. The lowest BCUT2D eigenvalue weighted by atomic mass is 9.95. The van der Waals surface area contributed by atoms with E-state index in [1.807, 2.05) is 60.7 Å². The van der Waals surface area contributed by atoms with Gasteiger partial charge in [0.25, 0.3) is 0 Å². The summed E-state index contributed by atoms with van der Waals surface area (Å²) in [4.78, 5) is 16.4. The van der Waals surface area contributed by atoms with Gasteiger partial charge in [-0.25, -0.2) is 4.79 Å². The number of amidine groups is 1.